The maximum absolute atomic E-state index is 12.0. The minimum Gasteiger partial charge on any atom is -0.496 e. The largest absolute Gasteiger partial charge is 0.496 e. The van der Waals surface area contributed by atoms with Crippen LogP contribution in [0.1, 0.15) is 12.1 Å². The molecule has 0 aliphatic rings. The first-order valence-electron chi connectivity index (χ1n) is 7.12. The number of non-ortho nitro benzene ring substituents is 1. The maximum Gasteiger partial charge on any atom is 0.309 e. The summed E-state index contributed by atoms with van der Waals surface area (Å²) in [5, 5.41) is 28.1. The topological polar surface area (TPSA) is 142 Å². The monoisotopic (exact) mass is 349 g/mol. The van der Waals surface area contributed by atoms with Gasteiger partial charge in [-0.2, -0.15) is 5.10 Å². The first-order chi connectivity index (χ1) is 11.8. The highest BCUT2D eigenvalue weighted by Crippen LogP contribution is 2.25. The van der Waals surface area contributed by atoms with Crippen LogP contribution in [0.4, 0.5) is 17.1 Å². The highest BCUT2D eigenvalue weighted by molar-refractivity contribution is 5.91. The molecule has 11 heteroatoms. The van der Waals surface area contributed by atoms with E-state index in [1.807, 2.05) is 0 Å². The molecule has 0 saturated carbocycles. The van der Waals surface area contributed by atoms with Crippen molar-refractivity contribution in [1.29, 1.82) is 0 Å². The Hall–Kier alpha value is -3.50. The summed E-state index contributed by atoms with van der Waals surface area (Å²) in [6, 6.07) is 3.90. The maximum atomic E-state index is 12.0. The van der Waals surface area contributed by atoms with E-state index in [0.29, 0.717) is 0 Å². The van der Waals surface area contributed by atoms with E-state index >= 15 is 0 Å². The molecule has 1 heterocycles. The third-order valence-corrected chi connectivity index (χ3v) is 3.31. The number of nitro benzene ring substituents is 1. The Kier molecular flexibility index (Phi) is 5.27. The molecule has 0 aliphatic heterocycles. The van der Waals surface area contributed by atoms with Gasteiger partial charge in [0.05, 0.1) is 28.7 Å². The van der Waals surface area contributed by atoms with E-state index in [2.05, 4.69) is 10.4 Å². The molecule has 0 unspecified atom stereocenters. The number of aromatic nitrogens is 2. The van der Waals surface area contributed by atoms with Crippen molar-refractivity contribution in [3.8, 4) is 5.75 Å². The van der Waals surface area contributed by atoms with Crippen molar-refractivity contribution in [1.82, 2.24) is 9.78 Å². The number of methoxy groups -OCH3 is 1. The number of carbonyl (C=O) groups is 1. The minimum absolute atomic E-state index is 0.0106. The van der Waals surface area contributed by atoms with Crippen LogP contribution in [0.3, 0.4) is 0 Å². The standard InChI is InChI=1S/C14H15N5O6/c1-9-13(19(23)24)8-17(16-9)4-3-14(20)15-10-5-11(18(21)22)7-12(6-10)25-2/h5-8H,3-4H2,1-2H3,(H,15,20). The molecule has 0 bridgehead atoms. The average molecular weight is 349 g/mol. The van der Waals surface area contributed by atoms with Crippen molar-refractivity contribution < 1.29 is 19.4 Å². The molecule has 1 N–H and O–H groups in total. The first-order valence-corrected chi connectivity index (χ1v) is 7.12. The predicted octanol–water partition coefficient (Wildman–Crippen LogP) is 2.05. The van der Waals surface area contributed by atoms with Gasteiger partial charge in [-0.3, -0.25) is 29.7 Å². The summed E-state index contributed by atoms with van der Waals surface area (Å²) in [6.07, 6.45) is 1.24. The fraction of sp³-hybridized carbons (Fsp3) is 0.286. The Morgan fingerprint density at radius 2 is 2.00 bits per heavy atom. The third kappa shape index (κ3) is 4.50. The Morgan fingerprint density at radius 1 is 1.28 bits per heavy atom. The minimum atomic E-state index is -0.593. The van der Waals surface area contributed by atoms with Gasteiger partial charge in [-0.25, -0.2) is 0 Å². The van der Waals surface area contributed by atoms with Crippen molar-refractivity contribution in [2.24, 2.45) is 0 Å². The van der Waals surface area contributed by atoms with Crippen LogP contribution in [0.2, 0.25) is 0 Å². The summed E-state index contributed by atoms with van der Waals surface area (Å²) in [5.41, 5.74) is 0.143. The predicted molar refractivity (Wildman–Crippen MR) is 86.5 cm³/mol. The number of anilines is 1. The highest BCUT2D eigenvalue weighted by atomic mass is 16.6. The lowest BCUT2D eigenvalue weighted by molar-refractivity contribution is -0.385. The van der Waals surface area contributed by atoms with Crippen molar-refractivity contribution in [3.63, 3.8) is 0 Å². The molecule has 0 spiro atoms. The fourth-order valence-corrected chi connectivity index (χ4v) is 2.12. The van der Waals surface area contributed by atoms with Crippen LogP contribution in [-0.2, 0) is 11.3 Å². The van der Waals surface area contributed by atoms with Gasteiger partial charge in [-0.05, 0) is 6.92 Å². The number of carbonyl (C=O) groups excluding carboxylic acids is 1. The van der Waals surface area contributed by atoms with Gasteiger partial charge in [-0.1, -0.05) is 0 Å². The summed E-state index contributed by atoms with van der Waals surface area (Å²) < 4.78 is 6.27. The highest BCUT2D eigenvalue weighted by Gasteiger charge is 2.16. The number of amides is 1. The van der Waals surface area contributed by atoms with Crippen LogP contribution in [0.15, 0.2) is 24.4 Å². The molecular weight excluding hydrogens is 334 g/mol. The number of nitrogens with one attached hydrogen (secondary N) is 1. The van der Waals surface area contributed by atoms with Crippen molar-refractivity contribution in [2.45, 2.75) is 19.9 Å². The Labute approximate surface area is 141 Å². The number of ether oxygens (including phenoxy) is 1. The summed E-state index contributed by atoms with van der Waals surface area (Å²) in [5.74, 6) is -0.179. The molecule has 1 aromatic heterocycles. The lowest BCUT2D eigenvalue weighted by Gasteiger charge is -2.07. The van der Waals surface area contributed by atoms with Crippen molar-refractivity contribution in [3.05, 3.63) is 50.3 Å². The molecule has 1 aromatic carbocycles. The second-order valence-electron chi connectivity index (χ2n) is 5.09. The zero-order valence-electron chi connectivity index (χ0n) is 13.5. The molecule has 0 radical (unpaired) electrons. The molecular formula is C14H15N5O6. The van der Waals surface area contributed by atoms with E-state index in [9.17, 15) is 25.0 Å². The van der Waals surface area contributed by atoms with E-state index in [4.69, 9.17) is 4.74 Å². The van der Waals surface area contributed by atoms with E-state index in [-0.39, 0.29) is 41.5 Å². The van der Waals surface area contributed by atoms with Crippen LogP contribution in [0.5, 0.6) is 5.75 Å². The van der Waals surface area contributed by atoms with Crippen LogP contribution in [0, 0.1) is 27.2 Å². The molecule has 0 aliphatic carbocycles. The summed E-state index contributed by atoms with van der Waals surface area (Å²) in [7, 11) is 1.36. The summed E-state index contributed by atoms with van der Waals surface area (Å²) in [4.78, 5) is 32.5. The van der Waals surface area contributed by atoms with Gasteiger partial charge >= 0.3 is 5.69 Å². The lowest BCUT2D eigenvalue weighted by atomic mass is 10.2. The van der Waals surface area contributed by atoms with Gasteiger partial charge in [0.2, 0.25) is 5.91 Å². The van der Waals surface area contributed by atoms with Gasteiger partial charge < -0.3 is 10.1 Å². The van der Waals surface area contributed by atoms with Crippen LogP contribution < -0.4 is 10.1 Å². The quantitative estimate of drug-likeness (QED) is 0.595. The molecule has 2 aromatic rings. The van der Waals surface area contributed by atoms with Gasteiger partial charge in [-0.15, -0.1) is 0 Å². The second kappa shape index (κ2) is 7.38. The van der Waals surface area contributed by atoms with E-state index in [0.717, 1.165) is 0 Å². The number of rotatable bonds is 7. The molecule has 132 valence electrons. The summed E-state index contributed by atoms with van der Waals surface area (Å²) >= 11 is 0. The second-order valence-corrected chi connectivity index (χ2v) is 5.09. The van der Waals surface area contributed by atoms with Crippen LogP contribution in [0.25, 0.3) is 0 Å². The Bertz CT molecular complexity index is 831. The van der Waals surface area contributed by atoms with Crippen LogP contribution >= 0.6 is 0 Å². The zero-order chi connectivity index (χ0) is 18.6. The molecule has 0 atom stereocenters. The van der Waals surface area contributed by atoms with Gasteiger partial charge in [0, 0.05) is 25.1 Å². The lowest BCUT2D eigenvalue weighted by Crippen LogP contribution is -2.15. The Morgan fingerprint density at radius 3 is 2.56 bits per heavy atom. The smallest absolute Gasteiger partial charge is 0.309 e. The number of hydrogen-bond donors (Lipinski definition) is 1. The average Bonchev–Trinajstić information content (AvgIpc) is 2.93. The van der Waals surface area contributed by atoms with E-state index < -0.39 is 15.8 Å². The molecule has 25 heavy (non-hydrogen) atoms. The normalized spacial score (nSPS) is 10.3. The van der Waals surface area contributed by atoms with E-state index in [1.54, 1.807) is 0 Å². The van der Waals surface area contributed by atoms with Gasteiger partial charge in [0.25, 0.3) is 5.69 Å². The fourth-order valence-electron chi connectivity index (χ4n) is 2.12. The number of hydrogen-bond acceptors (Lipinski definition) is 7. The summed E-state index contributed by atoms with van der Waals surface area (Å²) in [6.45, 7) is 1.64. The Balaban J connectivity index is 2.03. The molecule has 2 rings (SSSR count). The first kappa shape index (κ1) is 17.8. The van der Waals surface area contributed by atoms with Crippen molar-refractivity contribution >= 4 is 23.0 Å². The zero-order valence-corrected chi connectivity index (χ0v) is 13.5. The van der Waals surface area contributed by atoms with Crippen molar-refractivity contribution in [2.75, 3.05) is 12.4 Å². The van der Waals surface area contributed by atoms with E-state index in [1.165, 1.54) is 43.1 Å². The number of nitro groups is 2. The number of aryl methyl sites for hydroxylation is 2. The molecule has 1 amide bonds. The van der Waals surface area contributed by atoms with Crippen LogP contribution in [-0.4, -0.2) is 32.6 Å². The SMILES string of the molecule is COc1cc(NC(=O)CCn2cc([N+](=O)[O-])c(C)n2)cc([N+](=O)[O-])c1. The molecule has 11 nitrogen and oxygen atoms in total. The number of nitrogens with zero attached hydrogens (tertiary/aromatic N) is 4. The third-order valence-electron chi connectivity index (χ3n) is 3.31. The van der Waals surface area contributed by atoms with Gasteiger partial charge in [0.15, 0.2) is 0 Å². The number of benzene rings is 1. The van der Waals surface area contributed by atoms with Gasteiger partial charge in [0.1, 0.15) is 17.6 Å². The molecule has 0 fully saturated rings. The molecule has 0 saturated heterocycles.